The second kappa shape index (κ2) is 9.62. The molecule has 0 saturated heterocycles. The molecule has 2 aromatic rings. The third-order valence-electron chi connectivity index (χ3n) is 3.19. The average Bonchev–Trinajstić information content (AvgIpc) is 3.16. The van der Waals surface area contributed by atoms with Gasteiger partial charge in [0.05, 0.1) is 10.0 Å². The Balaban J connectivity index is 1.77. The van der Waals surface area contributed by atoms with Crippen LogP contribution >= 0.6 is 22.7 Å². The average molecular weight is 352 g/mol. The summed E-state index contributed by atoms with van der Waals surface area (Å²) >= 11 is 3.54. The predicted octanol–water partition coefficient (Wildman–Crippen LogP) is 2.81. The fourth-order valence-corrected chi connectivity index (χ4v) is 3.67. The van der Waals surface area contributed by atoms with E-state index in [1.165, 1.54) is 19.8 Å². The van der Waals surface area contributed by atoms with Gasteiger partial charge in [-0.1, -0.05) is 6.92 Å². The molecule has 2 heterocycles. The molecule has 0 aliphatic carbocycles. The molecular weight excluding hydrogens is 326 g/mol. The maximum Gasteiger partial charge on any atom is 0.191 e. The number of hydrogen-bond acceptors (Lipinski definition) is 5. The second-order valence-corrected chi connectivity index (χ2v) is 7.65. The highest BCUT2D eigenvalue weighted by atomic mass is 32.1. The lowest BCUT2D eigenvalue weighted by Gasteiger charge is -2.10. The summed E-state index contributed by atoms with van der Waals surface area (Å²) in [5.41, 5.74) is 0. The van der Waals surface area contributed by atoms with Crippen molar-refractivity contribution in [1.82, 2.24) is 20.6 Å². The summed E-state index contributed by atoms with van der Waals surface area (Å²) < 4.78 is 0. The molecule has 2 N–H and O–H groups in total. The molecular formula is C16H25N5S2. The van der Waals surface area contributed by atoms with Crippen LogP contribution in [-0.4, -0.2) is 35.6 Å². The van der Waals surface area contributed by atoms with Crippen molar-refractivity contribution < 1.29 is 0 Å². The van der Waals surface area contributed by atoms with Gasteiger partial charge in [0.1, 0.15) is 0 Å². The summed E-state index contributed by atoms with van der Waals surface area (Å²) in [6, 6.07) is 0. The molecule has 0 unspecified atom stereocenters. The lowest BCUT2D eigenvalue weighted by Crippen LogP contribution is -2.38. The van der Waals surface area contributed by atoms with E-state index in [-0.39, 0.29) is 0 Å². The third-order valence-corrected chi connectivity index (χ3v) is 5.36. The van der Waals surface area contributed by atoms with Gasteiger partial charge in [0.2, 0.25) is 0 Å². The van der Waals surface area contributed by atoms with E-state index >= 15 is 0 Å². The number of nitrogens with one attached hydrogen (secondary N) is 2. The molecule has 7 heteroatoms. The summed E-state index contributed by atoms with van der Waals surface area (Å²) in [5.74, 6) is 0.869. The molecule has 0 atom stereocenters. The van der Waals surface area contributed by atoms with Gasteiger partial charge in [0, 0.05) is 54.6 Å². The summed E-state index contributed by atoms with van der Waals surface area (Å²) in [4.78, 5) is 16.0. The normalized spacial score (nSPS) is 11.7. The van der Waals surface area contributed by atoms with Crippen LogP contribution in [0.2, 0.25) is 0 Å². The van der Waals surface area contributed by atoms with Crippen molar-refractivity contribution in [2.24, 2.45) is 4.99 Å². The molecule has 0 aromatic carbocycles. The summed E-state index contributed by atoms with van der Waals surface area (Å²) in [6.07, 6.45) is 6.78. The van der Waals surface area contributed by atoms with Gasteiger partial charge in [-0.25, -0.2) is 9.97 Å². The smallest absolute Gasteiger partial charge is 0.191 e. The number of guanidine groups is 1. The van der Waals surface area contributed by atoms with Crippen LogP contribution < -0.4 is 10.6 Å². The largest absolute Gasteiger partial charge is 0.357 e. The van der Waals surface area contributed by atoms with E-state index in [1.54, 1.807) is 22.7 Å². The van der Waals surface area contributed by atoms with Crippen molar-refractivity contribution in [1.29, 1.82) is 0 Å². The van der Waals surface area contributed by atoms with E-state index in [1.807, 2.05) is 12.4 Å². The molecule has 2 aromatic heterocycles. The van der Waals surface area contributed by atoms with Crippen LogP contribution in [0.25, 0.3) is 0 Å². The van der Waals surface area contributed by atoms with Gasteiger partial charge < -0.3 is 10.6 Å². The van der Waals surface area contributed by atoms with Crippen LogP contribution in [0.3, 0.4) is 0 Å². The number of nitrogens with zero attached hydrogens (tertiary/aromatic N) is 3. The zero-order chi connectivity index (χ0) is 16.5. The monoisotopic (exact) mass is 351 g/mol. The lowest BCUT2D eigenvalue weighted by atomic mass is 10.4. The molecule has 23 heavy (non-hydrogen) atoms. The molecule has 0 spiro atoms. The Bertz CT molecular complexity index is 618. The van der Waals surface area contributed by atoms with Crippen molar-refractivity contribution in [3.05, 3.63) is 32.2 Å². The van der Waals surface area contributed by atoms with Crippen LogP contribution in [-0.2, 0) is 19.3 Å². The Morgan fingerprint density at radius 2 is 1.87 bits per heavy atom. The minimum atomic E-state index is 0.752. The highest BCUT2D eigenvalue weighted by Crippen LogP contribution is 2.13. The molecule has 0 fully saturated rings. The third kappa shape index (κ3) is 6.27. The first kappa shape index (κ1) is 17.9. The Labute approximate surface area is 146 Å². The first-order valence-corrected chi connectivity index (χ1v) is 9.71. The van der Waals surface area contributed by atoms with Crippen LogP contribution in [0.5, 0.6) is 0 Å². The molecule has 0 aliphatic heterocycles. The summed E-state index contributed by atoms with van der Waals surface area (Å²) in [5, 5.41) is 8.98. The number of thiazole rings is 2. The molecule has 0 amide bonds. The van der Waals surface area contributed by atoms with Gasteiger partial charge in [-0.2, -0.15) is 0 Å². The van der Waals surface area contributed by atoms with Crippen molar-refractivity contribution >= 4 is 28.6 Å². The van der Waals surface area contributed by atoms with E-state index in [2.05, 4.69) is 46.4 Å². The van der Waals surface area contributed by atoms with E-state index in [0.29, 0.717) is 0 Å². The lowest BCUT2D eigenvalue weighted by molar-refractivity contribution is 0.793. The van der Waals surface area contributed by atoms with Gasteiger partial charge in [-0.05, 0) is 20.3 Å². The van der Waals surface area contributed by atoms with Crippen LogP contribution in [0.1, 0.15) is 33.6 Å². The van der Waals surface area contributed by atoms with Gasteiger partial charge in [-0.3, -0.25) is 4.99 Å². The number of rotatable bonds is 8. The SMILES string of the molecule is CCNC(=NCCc1ncc(CC)s1)NCCc1ncc(C)s1. The minimum Gasteiger partial charge on any atom is -0.357 e. The zero-order valence-electron chi connectivity index (χ0n) is 14.1. The van der Waals surface area contributed by atoms with E-state index in [9.17, 15) is 0 Å². The molecule has 0 saturated carbocycles. The first-order valence-electron chi connectivity index (χ1n) is 8.08. The number of aryl methyl sites for hydroxylation is 2. The number of aliphatic imine (C=N–C) groups is 1. The fourth-order valence-electron chi connectivity index (χ4n) is 2.04. The summed E-state index contributed by atoms with van der Waals surface area (Å²) in [7, 11) is 0. The maximum absolute atomic E-state index is 4.62. The van der Waals surface area contributed by atoms with Crippen LogP contribution in [0.15, 0.2) is 17.4 Å². The Morgan fingerprint density at radius 3 is 2.52 bits per heavy atom. The maximum atomic E-state index is 4.62. The quantitative estimate of drug-likeness (QED) is 0.567. The molecule has 2 rings (SSSR count). The van der Waals surface area contributed by atoms with Crippen LogP contribution in [0.4, 0.5) is 0 Å². The number of aromatic nitrogens is 2. The van der Waals surface area contributed by atoms with Gasteiger partial charge in [-0.15, -0.1) is 22.7 Å². The first-order chi connectivity index (χ1) is 11.2. The summed E-state index contributed by atoms with van der Waals surface area (Å²) in [6.45, 7) is 8.78. The highest BCUT2D eigenvalue weighted by Gasteiger charge is 2.02. The highest BCUT2D eigenvalue weighted by molar-refractivity contribution is 7.11. The van der Waals surface area contributed by atoms with E-state index in [4.69, 9.17) is 0 Å². The fraction of sp³-hybridized carbons (Fsp3) is 0.562. The minimum absolute atomic E-state index is 0.752. The van der Waals surface area contributed by atoms with Gasteiger partial charge >= 0.3 is 0 Å². The number of hydrogen-bond donors (Lipinski definition) is 2. The molecule has 0 aliphatic rings. The molecule has 0 bridgehead atoms. The van der Waals surface area contributed by atoms with Crippen molar-refractivity contribution in [2.45, 2.75) is 40.0 Å². The van der Waals surface area contributed by atoms with Gasteiger partial charge in [0.25, 0.3) is 0 Å². The topological polar surface area (TPSA) is 62.2 Å². The predicted molar refractivity (Wildman–Crippen MR) is 99.7 cm³/mol. The zero-order valence-corrected chi connectivity index (χ0v) is 15.7. The van der Waals surface area contributed by atoms with Gasteiger partial charge in [0.15, 0.2) is 5.96 Å². The van der Waals surface area contributed by atoms with Crippen molar-refractivity contribution in [2.75, 3.05) is 19.6 Å². The van der Waals surface area contributed by atoms with Crippen molar-refractivity contribution in [3.63, 3.8) is 0 Å². The van der Waals surface area contributed by atoms with E-state index in [0.717, 1.165) is 44.9 Å². The second-order valence-electron chi connectivity index (χ2n) is 5.13. The standard InChI is InChI=1S/C16H25N5S2/c1-4-13-11-21-15(23-13)7-9-19-16(17-5-2)18-8-6-14-20-10-12(3)22-14/h10-11H,4-9H2,1-3H3,(H2,17,18,19). The molecule has 126 valence electrons. The van der Waals surface area contributed by atoms with Crippen LogP contribution in [0, 0.1) is 6.92 Å². The Kier molecular flexibility index (Phi) is 7.48. The molecule has 0 radical (unpaired) electrons. The Morgan fingerprint density at radius 1 is 1.09 bits per heavy atom. The van der Waals surface area contributed by atoms with Crippen molar-refractivity contribution in [3.8, 4) is 0 Å². The Hall–Kier alpha value is -1.47. The molecule has 5 nitrogen and oxygen atoms in total. The van der Waals surface area contributed by atoms with E-state index < -0.39 is 0 Å².